The van der Waals surface area contributed by atoms with E-state index in [1.165, 1.54) is 45.6 Å². The second-order valence-electron chi connectivity index (χ2n) is 3.80. The molecule has 1 rings (SSSR count). The van der Waals surface area contributed by atoms with E-state index in [9.17, 15) is 0 Å². The van der Waals surface area contributed by atoms with Crippen molar-refractivity contribution in [1.29, 1.82) is 0 Å². The number of quaternary nitrogens is 1. The molecule has 2 heteroatoms. The van der Waals surface area contributed by atoms with E-state index in [1.54, 1.807) is 0 Å². The lowest BCUT2D eigenvalue weighted by molar-refractivity contribution is -0.664. The van der Waals surface area contributed by atoms with Gasteiger partial charge in [-0.2, -0.15) is 0 Å². The third-order valence-corrected chi connectivity index (χ3v) is 2.97. The summed E-state index contributed by atoms with van der Waals surface area (Å²) in [7, 11) is 0. The van der Waals surface area contributed by atoms with E-state index in [0.29, 0.717) is 0 Å². The summed E-state index contributed by atoms with van der Waals surface area (Å²) >= 11 is 0. The van der Waals surface area contributed by atoms with Gasteiger partial charge in [0.15, 0.2) is 0 Å². The first kappa shape index (κ1) is 10.0. The highest BCUT2D eigenvalue weighted by Crippen LogP contribution is 2.10. The van der Waals surface area contributed by atoms with Crippen molar-refractivity contribution < 1.29 is 5.32 Å². The predicted octanol–water partition coefficient (Wildman–Crippen LogP) is 0.302. The van der Waals surface area contributed by atoms with Crippen LogP contribution in [-0.2, 0) is 0 Å². The zero-order chi connectivity index (χ0) is 8.81. The SMILES string of the molecule is CCN(CC)CC1CC[NH2+]CC1. The number of rotatable bonds is 4. The normalized spacial score (nSPS) is 20.2. The summed E-state index contributed by atoms with van der Waals surface area (Å²) in [6.45, 7) is 11.0. The molecule has 1 aliphatic heterocycles. The minimum atomic E-state index is 0.981. The Morgan fingerprint density at radius 3 is 2.25 bits per heavy atom. The zero-order valence-corrected chi connectivity index (χ0v) is 8.55. The molecule has 0 aliphatic carbocycles. The highest BCUT2D eigenvalue weighted by Gasteiger charge is 2.16. The molecule has 1 heterocycles. The molecule has 1 fully saturated rings. The quantitative estimate of drug-likeness (QED) is 0.645. The molecule has 12 heavy (non-hydrogen) atoms. The molecule has 0 aromatic rings. The molecule has 0 unspecified atom stereocenters. The van der Waals surface area contributed by atoms with Crippen molar-refractivity contribution in [2.75, 3.05) is 32.7 Å². The standard InChI is InChI=1S/C10H22N2/c1-3-12(4-2)9-10-5-7-11-8-6-10/h10-11H,3-9H2,1-2H3/p+1. The molecular formula is C10H23N2+. The lowest BCUT2D eigenvalue weighted by atomic mass is 9.97. The first-order valence-corrected chi connectivity index (χ1v) is 5.40. The summed E-state index contributed by atoms with van der Waals surface area (Å²) in [6.07, 6.45) is 2.85. The van der Waals surface area contributed by atoms with Crippen molar-refractivity contribution in [3.8, 4) is 0 Å². The maximum Gasteiger partial charge on any atom is 0.0758 e. The first-order chi connectivity index (χ1) is 5.86. The van der Waals surface area contributed by atoms with Crippen molar-refractivity contribution in [1.82, 2.24) is 4.90 Å². The number of piperidine rings is 1. The van der Waals surface area contributed by atoms with Crippen LogP contribution in [-0.4, -0.2) is 37.6 Å². The largest absolute Gasteiger partial charge is 0.346 e. The van der Waals surface area contributed by atoms with Crippen LogP contribution >= 0.6 is 0 Å². The van der Waals surface area contributed by atoms with Gasteiger partial charge in [-0.15, -0.1) is 0 Å². The van der Waals surface area contributed by atoms with Gasteiger partial charge in [-0.3, -0.25) is 0 Å². The minimum Gasteiger partial charge on any atom is -0.346 e. The zero-order valence-electron chi connectivity index (χ0n) is 8.55. The molecule has 72 valence electrons. The lowest BCUT2D eigenvalue weighted by Gasteiger charge is -2.26. The van der Waals surface area contributed by atoms with Gasteiger partial charge in [0.1, 0.15) is 0 Å². The van der Waals surface area contributed by atoms with Gasteiger partial charge in [-0.25, -0.2) is 0 Å². The summed E-state index contributed by atoms with van der Waals surface area (Å²) in [5.41, 5.74) is 0. The molecule has 1 aliphatic rings. The van der Waals surface area contributed by atoms with Gasteiger partial charge in [-0.1, -0.05) is 13.8 Å². The fraction of sp³-hybridized carbons (Fsp3) is 1.00. The molecule has 2 N–H and O–H groups in total. The van der Waals surface area contributed by atoms with Crippen molar-refractivity contribution in [3.05, 3.63) is 0 Å². The highest BCUT2D eigenvalue weighted by molar-refractivity contribution is 4.65. The summed E-state index contributed by atoms with van der Waals surface area (Å²) in [6, 6.07) is 0. The molecule has 0 radical (unpaired) electrons. The molecule has 2 nitrogen and oxygen atoms in total. The monoisotopic (exact) mass is 171 g/mol. The van der Waals surface area contributed by atoms with Crippen LogP contribution in [0.25, 0.3) is 0 Å². The fourth-order valence-electron chi connectivity index (χ4n) is 2.03. The third-order valence-electron chi connectivity index (χ3n) is 2.97. The van der Waals surface area contributed by atoms with Crippen molar-refractivity contribution >= 4 is 0 Å². The molecule has 0 aromatic heterocycles. The Morgan fingerprint density at radius 1 is 1.17 bits per heavy atom. The van der Waals surface area contributed by atoms with Crippen LogP contribution < -0.4 is 5.32 Å². The lowest BCUT2D eigenvalue weighted by Crippen LogP contribution is -2.86. The van der Waals surface area contributed by atoms with E-state index in [0.717, 1.165) is 5.92 Å². The maximum atomic E-state index is 2.55. The van der Waals surface area contributed by atoms with E-state index in [4.69, 9.17) is 0 Å². The van der Waals surface area contributed by atoms with Crippen molar-refractivity contribution in [2.45, 2.75) is 26.7 Å². The van der Waals surface area contributed by atoms with Crippen LogP contribution in [0.4, 0.5) is 0 Å². The molecule has 0 bridgehead atoms. The molecular weight excluding hydrogens is 148 g/mol. The van der Waals surface area contributed by atoms with Gasteiger partial charge in [0.25, 0.3) is 0 Å². The average molecular weight is 171 g/mol. The van der Waals surface area contributed by atoms with Crippen LogP contribution in [0.1, 0.15) is 26.7 Å². The topological polar surface area (TPSA) is 19.9 Å². The Kier molecular flexibility index (Phi) is 4.62. The van der Waals surface area contributed by atoms with Crippen LogP contribution in [0.2, 0.25) is 0 Å². The second kappa shape index (κ2) is 5.55. The summed E-state index contributed by atoms with van der Waals surface area (Å²) in [5, 5.41) is 2.44. The highest BCUT2D eigenvalue weighted by atomic mass is 15.1. The number of hydrogen-bond donors (Lipinski definition) is 1. The summed E-state index contributed by atoms with van der Waals surface area (Å²) in [5.74, 6) is 0.981. The Morgan fingerprint density at radius 2 is 1.75 bits per heavy atom. The Bertz CT molecular complexity index is 104. The molecule has 0 atom stereocenters. The van der Waals surface area contributed by atoms with Crippen LogP contribution in [0.5, 0.6) is 0 Å². The van der Waals surface area contributed by atoms with Gasteiger partial charge < -0.3 is 10.2 Å². The number of hydrogen-bond acceptors (Lipinski definition) is 1. The molecule has 0 amide bonds. The molecule has 1 saturated heterocycles. The predicted molar refractivity (Wildman–Crippen MR) is 52.2 cm³/mol. The first-order valence-electron chi connectivity index (χ1n) is 5.40. The van der Waals surface area contributed by atoms with E-state index < -0.39 is 0 Å². The second-order valence-corrected chi connectivity index (χ2v) is 3.80. The third kappa shape index (κ3) is 3.11. The minimum absolute atomic E-state index is 0.981. The molecule has 0 spiro atoms. The molecule has 0 saturated carbocycles. The van der Waals surface area contributed by atoms with Gasteiger partial charge in [0.05, 0.1) is 13.1 Å². The van der Waals surface area contributed by atoms with E-state index >= 15 is 0 Å². The number of nitrogens with zero attached hydrogens (tertiary/aromatic N) is 1. The Labute approximate surface area is 76.3 Å². The smallest absolute Gasteiger partial charge is 0.0758 e. The summed E-state index contributed by atoms with van der Waals surface area (Å²) < 4.78 is 0. The van der Waals surface area contributed by atoms with Gasteiger partial charge >= 0.3 is 0 Å². The Balaban J connectivity index is 2.18. The van der Waals surface area contributed by atoms with Crippen molar-refractivity contribution in [3.63, 3.8) is 0 Å². The maximum absolute atomic E-state index is 2.55. The summed E-state index contributed by atoms with van der Waals surface area (Å²) in [4.78, 5) is 2.55. The van der Waals surface area contributed by atoms with Crippen molar-refractivity contribution in [2.24, 2.45) is 5.92 Å². The Hall–Kier alpha value is -0.0800. The van der Waals surface area contributed by atoms with Crippen LogP contribution in [0.15, 0.2) is 0 Å². The van der Waals surface area contributed by atoms with Crippen LogP contribution in [0, 0.1) is 5.92 Å². The average Bonchev–Trinajstić information content (AvgIpc) is 2.16. The van der Waals surface area contributed by atoms with E-state index in [-0.39, 0.29) is 0 Å². The number of nitrogens with two attached hydrogens (primary N) is 1. The van der Waals surface area contributed by atoms with E-state index in [1.807, 2.05) is 0 Å². The molecule has 0 aromatic carbocycles. The fourth-order valence-corrected chi connectivity index (χ4v) is 2.03. The van der Waals surface area contributed by atoms with E-state index in [2.05, 4.69) is 24.1 Å². The van der Waals surface area contributed by atoms with Crippen LogP contribution in [0.3, 0.4) is 0 Å². The van der Waals surface area contributed by atoms with Gasteiger partial charge in [-0.05, 0) is 19.0 Å². The van der Waals surface area contributed by atoms with Gasteiger partial charge in [0, 0.05) is 19.4 Å². The van der Waals surface area contributed by atoms with Gasteiger partial charge in [0.2, 0.25) is 0 Å².